The predicted molar refractivity (Wildman–Crippen MR) is 120 cm³/mol. The maximum atomic E-state index is 12.9. The number of hydrogen-bond donors (Lipinski definition) is 1. The number of anilines is 3. The van der Waals surface area contributed by atoms with Crippen LogP contribution in [0.1, 0.15) is 15.9 Å². The smallest absolute Gasteiger partial charge is 0.255 e. The van der Waals surface area contributed by atoms with Gasteiger partial charge in [0.05, 0.1) is 5.56 Å². The van der Waals surface area contributed by atoms with Gasteiger partial charge < -0.3 is 19.5 Å². The minimum Gasteiger partial charge on any atom is -0.352 e. The Morgan fingerprint density at radius 1 is 0.968 bits per heavy atom. The molecule has 4 aromatic rings. The maximum absolute atomic E-state index is 12.9. The van der Waals surface area contributed by atoms with Crippen LogP contribution < -0.4 is 10.2 Å². The van der Waals surface area contributed by atoms with Gasteiger partial charge in [0.1, 0.15) is 5.82 Å². The molecule has 0 saturated carbocycles. The molecule has 0 unspecified atom stereocenters. The third-order valence-electron chi connectivity index (χ3n) is 5.46. The SMILES string of the molecule is Cc1ccnc(Nc2ccc(N3CCN(C(=O)c4cc5ccccn5c4)CC3)nn2)c1. The molecule has 1 aliphatic heterocycles. The number of amides is 1. The molecule has 1 N–H and O–H groups in total. The quantitative estimate of drug-likeness (QED) is 0.554. The number of carbonyl (C=O) groups is 1. The highest BCUT2D eigenvalue weighted by Crippen LogP contribution is 2.19. The van der Waals surface area contributed by atoms with Crippen molar-refractivity contribution in [2.75, 3.05) is 36.4 Å². The summed E-state index contributed by atoms with van der Waals surface area (Å²) in [5, 5.41) is 11.8. The van der Waals surface area contributed by atoms with E-state index in [1.165, 1.54) is 0 Å². The summed E-state index contributed by atoms with van der Waals surface area (Å²) in [4.78, 5) is 21.2. The van der Waals surface area contributed by atoms with Crippen LogP contribution >= 0.6 is 0 Å². The molecule has 1 fully saturated rings. The lowest BCUT2D eigenvalue weighted by atomic mass is 10.2. The molecule has 0 aromatic carbocycles. The highest BCUT2D eigenvalue weighted by Gasteiger charge is 2.23. The van der Waals surface area contributed by atoms with Crippen molar-refractivity contribution in [1.82, 2.24) is 24.5 Å². The summed E-state index contributed by atoms with van der Waals surface area (Å²) < 4.78 is 1.97. The van der Waals surface area contributed by atoms with Crippen LogP contribution in [0.15, 0.2) is 67.1 Å². The zero-order valence-electron chi connectivity index (χ0n) is 17.3. The molecule has 0 aliphatic carbocycles. The van der Waals surface area contributed by atoms with Crippen molar-refractivity contribution in [2.45, 2.75) is 6.92 Å². The molecule has 1 aliphatic rings. The van der Waals surface area contributed by atoms with Gasteiger partial charge >= 0.3 is 0 Å². The Bertz CT molecular complexity index is 1180. The van der Waals surface area contributed by atoms with E-state index in [1.54, 1.807) is 6.20 Å². The first kappa shape index (κ1) is 19.0. The van der Waals surface area contributed by atoms with E-state index in [0.29, 0.717) is 18.9 Å². The summed E-state index contributed by atoms with van der Waals surface area (Å²) >= 11 is 0. The van der Waals surface area contributed by atoms with E-state index < -0.39 is 0 Å². The largest absolute Gasteiger partial charge is 0.352 e. The molecular weight excluding hydrogens is 390 g/mol. The van der Waals surface area contributed by atoms with Crippen LogP contribution in [0.4, 0.5) is 17.5 Å². The topological polar surface area (TPSA) is 78.7 Å². The first-order valence-corrected chi connectivity index (χ1v) is 10.3. The summed E-state index contributed by atoms with van der Waals surface area (Å²) in [5.41, 5.74) is 2.87. The summed E-state index contributed by atoms with van der Waals surface area (Å²) in [6.45, 7) is 4.77. The molecule has 8 nitrogen and oxygen atoms in total. The normalized spacial score (nSPS) is 14.1. The first-order chi connectivity index (χ1) is 15.2. The Balaban J connectivity index is 1.20. The van der Waals surface area contributed by atoms with Crippen LogP contribution in [0.2, 0.25) is 0 Å². The van der Waals surface area contributed by atoms with E-state index in [-0.39, 0.29) is 5.91 Å². The second-order valence-electron chi connectivity index (χ2n) is 7.66. The Hall–Kier alpha value is -3.94. The monoisotopic (exact) mass is 413 g/mol. The number of aryl methyl sites for hydroxylation is 1. The molecule has 0 spiro atoms. The summed E-state index contributed by atoms with van der Waals surface area (Å²) in [7, 11) is 0. The number of aromatic nitrogens is 4. The van der Waals surface area contributed by atoms with Gasteiger partial charge in [-0.3, -0.25) is 4.79 Å². The molecule has 0 radical (unpaired) electrons. The predicted octanol–water partition coefficient (Wildman–Crippen LogP) is 3.14. The zero-order valence-corrected chi connectivity index (χ0v) is 17.3. The molecule has 156 valence electrons. The van der Waals surface area contributed by atoms with E-state index in [1.807, 2.05) is 77.1 Å². The van der Waals surface area contributed by atoms with Gasteiger partial charge in [-0.2, -0.15) is 0 Å². The number of carbonyl (C=O) groups excluding carboxylic acids is 1. The number of nitrogens with one attached hydrogen (secondary N) is 1. The lowest BCUT2D eigenvalue weighted by molar-refractivity contribution is 0.0746. The average Bonchev–Trinajstić information content (AvgIpc) is 3.24. The lowest BCUT2D eigenvalue weighted by Crippen LogP contribution is -2.49. The molecular formula is C23H23N7O. The lowest BCUT2D eigenvalue weighted by Gasteiger charge is -2.35. The van der Waals surface area contributed by atoms with E-state index in [0.717, 1.165) is 41.4 Å². The molecule has 1 saturated heterocycles. The van der Waals surface area contributed by atoms with Crippen molar-refractivity contribution in [2.24, 2.45) is 0 Å². The van der Waals surface area contributed by atoms with E-state index in [2.05, 4.69) is 25.4 Å². The van der Waals surface area contributed by atoms with Gasteiger partial charge in [-0.25, -0.2) is 4.98 Å². The van der Waals surface area contributed by atoms with Crippen LogP contribution in [-0.4, -0.2) is 56.6 Å². The van der Waals surface area contributed by atoms with Crippen molar-refractivity contribution in [3.8, 4) is 0 Å². The van der Waals surface area contributed by atoms with Crippen LogP contribution in [0, 0.1) is 6.92 Å². The van der Waals surface area contributed by atoms with Gasteiger partial charge in [0.15, 0.2) is 11.6 Å². The third kappa shape index (κ3) is 4.05. The Morgan fingerprint density at radius 2 is 1.84 bits per heavy atom. The summed E-state index contributed by atoms with van der Waals surface area (Å²) in [5.74, 6) is 2.27. The van der Waals surface area contributed by atoms with Crippen molar-refractivity contribution in [1.29, 1.82) is 0 Å². The Labute approximate surface area is 180 Å². The summed E-state index contributed by atoms with van der Waals surface area (Å²) in [6, 6.07) is 15.6. The van der Waals surface area contributed by atoms with Gasteiger partial charge in [0.25, 0.3) is 5.91 Å². The number of piperazine rings is 1. The Kier molecular flexibility index (Phi) is 4.95. The fraction of sp³-hybridized carbons (Fsp3) is 0.217. The van der Waals surface area contributed by atoms with Gasteiger partial charge in [-0.1, -0.05) is 6.07 Å². The number of nitrogens with zero attached hydrogens (tertiary/aromatic N) is 6. The molecule has 8 heteroatoms. The highest BCUT2D eigenvalue weighted by atomic mass is 16.2. The van der Waals surface area contributed by atoms with E-state index >= 15 is 0 Å². The van der Waals surface area contributed by atoms with Gasteiger partial charge in [-0.05, 0) is 55.0 Å². The minimum absolute atomic E-state index is 0.0691. The highest BCUT2D eigenvalue weighted by molar-refractivity contribution is 5.95. The van der Waals surface area contributed by atoms with Gasteiger partial charge in [0.2, 0.25) is 0 Å². The van der Waals surface area contributed by atoms with Crippen molar-refractivity contribution in [3.63, 3.8) is 0 Å². The second kappa shape index (κ2) is 8.06. The van der Waals surface area contributed by atoms with Crippen molar-refractivity contribution >= 4 is 28.9 Å². The van der Waals surface area contributed by atoms with Crippen LogP contribution in [0.3, 0.4) is 0 Å². The molecule has 4 aromatic heterocycles. The van der Waals surface area contributed by atoms with E-state index in [9.17, 15) is 4.79 Å². The maximum Gasteiger partial charge on any atom is 0.255 e. The first-order valence-electron chi connectivity index (χ1n) is 10.3. The van der Waals surface area contributed by atoms with E-state index in [4.69, 9.17) is 0 Å². The van der Waals surface area contributed by atoms with Gasteiger partial charge in [0, 0.05) is 50.3 Å². The van der Waals surface area contributed by atoms with Crippen molar-refractivity contribution < 1.29 is 4.79 Å². The molecule has 0 atom stereocenters. The molecule has 5 rings (SSSR count). The van der Waals surface area contributed by atoms with Gasteiger partial charge in [-0.15, -0.1) is 10.2 Å². The fourth-order valence-corrected chi connectivity index (χ4v) is 3.79. The van der Waals surface area contributed by atoms with Crippen molar-refractivity contribution in [3.05, 3.63) is 78.2 Å². The number of rotatable bonds is 4. The molecule has 5 heterocycles. The number of pyridine rings is 2. The number of hydrogen-bond acceptors (Lipinski definition) is 6. The third-order valence-corrected chi connectivity index (χ3v) is 5.46. The molecule has 31 heavy (non-hydrogen) atoms. The zero-order chi connectivity index (χ0) is 21.2. The summed E-state index contributed by atoms with van der Waals surface area (Å²) in [6.07, 6.45) is 5.61. The molecule has 0 bridgehead atoms. The fourth-order valence-electron chi connectivity index (χ4n) is 3.79. The molecule has 1 amide bonds. The minimum atomic E-state index is 0.0691. The average molecular weight is 413 g/mol. The van der Waals surface area contributed by atoms with Crippen LogP contribution in [-0.2, 0) is 0 Å². The second-order valence-corrected chi connectivity index (χ2v) is 7.66. The van der Waals surface area contributed by atoms with Crippen LogP contribution in [0.25, 0.3) is 5.52 Å². The Morgan fingerprint density at radius 3 is 2.58 bits per heavy atom. The van der Waals surface area contributed by atoms with Crippen LogP contribution in [0.5, 0.6) is 0 Å². The number of fused-ring (bicyclic) bond motifs is 1. The standard InChI is InChI=1S/C23H23N7O/c1-17-7-8-24-21(14-17)25-20-5-6-22(27-26-20)28-10-12-29(13-11-28)23(31)18-15-19-4-2-3-9-30(19)16-18/h2-9,14-16H,10-13H2,1H3,(H,24,25,26).